The molecule has 29 heavy (non-hydrogen) atoms. The molecule has 0 bridgehead atoms. The van der Waals surface area contributed by atoms with Gasteiger partial charge >= 0.3 is 6.09 Å². The molecule has 1 aromatic rings. The maximum Gasteiger partial charge on any atom is 0.407 e. The Kier molecular flexibility index (Phi) is 8.30. The number of aryl methyl sites for hydroxylation is 1. The summed E-state index contributed by atoms with van der Waals surface area (Å²) in [6, 6.07) is 8.02. The van der Waals surface area contributed by atoms with Gasteiger partial charge in [0, 0.05) is 31.9 Å². The number of carbonyl (C=O) groups excluding carboxylic acids is 2. The summed E-state index contributed by atoms with van der Waals surface area (Å²) in [5.74, 6) is 0.512. The van der Waals surface area contributed by atoms with E-state index in [0.29, 0.717) is 25.6 Å². The van der Waals surface area contributed by atoms with E-state index < -0.39 is 11.7 Å². The number of rotatable bonds is 6. The van der Waals surface area contributed by atoms with E-state index in [9.17, 15) is 9.59 Å². The molecule has 3 N–H and O–H groups in total. The van der Waals surface area contributed by atoms with Crippen LogP contribution in [0.1, 0.15) is 39.7 Å². The number of nitrogens with zero attached hydrogens (tertiary/aromatic N) is 2. The summed E-state index contributed by atoms with van der Waals surface area (Å²) in [7, 11) is 0. The molecule has 1 aliphatic heterocycles. The Hall–Kier alpha value is -2.77. The molecular weight excluding hydrogens is 370 g/mol. The zero-order chi connectivity index (χ0) is 21.3. The van der Waals surface area contributed by atoms with Crippen LogP contribution in [0, 0.1) is 0 Å². The van der Waals surface area contributed by atoms with Gasteiger partial charge in [-0.15, -0.1) is 0 Å². The minimum absolute atomic E-state index is 0.0266. The maximum absolute atomic E-state index is 12.7. The van der Waals surface area contributed by atoms with Crippen LogP contribution in [0.4, 0.5) is 10.5 Å². The van der Waals surface area contributed by atoms with Crippen LogP contribution in [-0.2, 0) is 16.0 Å². The van der Waals surface area contributed by atoms with E-state index in [2.05, 4.69) is 27.0 Å². The fourth-order valence-electron chi connectivity index (χ4n) is 3.03. The molecule has 0 aliphatic carbocycles. The Labute approximate surface area is 173 Å². The number of amides is 2. The molecule has 0 atom stereocenters. The van der Waals surface area contributed by atoms with Gasteiger partial charge in [-0.2, -0.15) is 0 Å². The van der Waals surface area contributed by atoms with Gasteiger partial charge < -0.3 is 25.6 Å². The topological polar surface area (TPSA) is 95.1 Å². The highest BCUT2D eigenvalue weighted by Gasteiger charge is 2.21. The van der Waals surface area contributed by atoms with Crippen molar-refractivity contribution in [2.75, 3.05) is 37.6 Å². The number of benzene rings is 1. The van der Waals surface area contributed by atoms with Crippen LogP contribution in [0.5, 0.6) is 0 Å². The molecule has 8 nitrogen and oxygen atoms in total. The van der Waals surface area contributed by atoms with Crippen molar-refractivity contribution in [2.24, 2.45) is 4.99 Å². The summed E-state index contributed by atoms with van der Waals surface area (Å²) in [5, 5.41) is 8.91. The first-order valence-electron chi connectivity index (χ1n) is 10.2. The number of carbonyl (C=O) groups is 2. The minimum atomic E-state index is -0.526. The molecule has 0 spiro atoms. The summed E-state index contributed by atoms with van der Waals surface area (Å²) in [6.07, 6.45) is 1.50. The molecule has 0 saturated heterocycles. The first-order valence-corrected chi connectivity index (χ1v) is 10.2. The zero-order valence-electron chi connectivity index (χ0n) is 17.9. The Morgan fingerprint density at radius 1 is 1.14 bits per heavy atom. The predicted octanol–water partition coefficient (Wildman–Crippen LogP) is 2.05. The van der Waals surface area contributed by atoms with Gasteiger partial charge in [-0.3, -0.25) is 4.79 Å². The fraction of sp³-hybridized carbons (Fsp3) is 0.571. The Bertz CT molecular complexity index is 727. The highest BCUT2D eigenvalue weighted by atomic mass is 16.6. The molecule has 0 aromatic heterocycles. The molecule has 1 aliphatic rings. The third-order valence-electron chi connectivity index (χ3n) is 4.21. The van der Waals surface area contributed by atoms with E-state index in [-0.39, 0.29) is 12.5 Å². The molecular formula is C21H33N5O3. The van der Waals surface area contributed by atoms with Gasteiger partial charge in [-0.25, -0.2) is 9.79 Å². The zero-order valence-corrected chi connectivity index (χ0v) is 17.9. The average molecular weight is 404 g/mol. The number of aliphatic imine (C=N–C) groups is 1. The van der Waals surface area contributed by atoms with Gasteiger partial charge in [0.15, 0.2) is 5.96 Å². The molecule has 1 heterocycles. The van der Waals surface area contributed by atoms with E-state index in [1.54, 1.807) is 0 Å². The third kappa shape index (κ3) is 7.63. The van der Waals surface area contributed by atoms with Crippen molar-refractivity contribution < 1.29 is 14.3 Å². The molecule has 1 aromatic carbocycles. The van der Waals surface area contributed by atoms with Gasteiger partial charge in [0.2, 0.25) is 5.91 Å². The monoisotopic (exact) mass is 403 g/mol. The molecule has 160 valence electrons. The molecule has 0 saturated carbocycles. The van der Waals surface area contributed by atoms with Crippen molar-refractivity contribution in [1.82, 2.24) is 16.0 Å². The van der Waals surface area contributed by atoms with Crippen LogP contribution < -0.4 is 20.9 Å². The van der Waals surface area contributed by atoms with Crippen molar-refractivity contribution in [2.45, 2.75) is 46.1 Å². The first kappa shape index (κ1) is 22.5. The summed E-state index contributed by atoms with van der Waals surface area (Å²) in [4.78, 5) is 30.6. The van der Waals surface area contributed by atoms with Crippen LogP contribution in [0.25, 0.3) is 0 Å². The van der Waals surface area contributed by atoms with Crippen molar-refractivity contribution >= 4 is 23.6 Å². The van der Waals surface area contributed by atoms with Crippen LogP contribution in [-0.4, -0.2) is 56.3 Å². The van der Waals surface area contributed by atoms with Gasteiger partial charge in [0.1, 0.15) is 12.1 Å². The Morgan fingerprint density at radius 3 is 2.59 bits per heavy atom. The lowest BCUT2D eigenvalue weighted by atomic mass is 10.0. The summed E-state index contributed by atoms with van der Waals surface area (Å²) in [6.45, 7) is 9.71. The number of ether oxygens (including phenoxy) is 1. The SMILES string of the molecule is CCNC(=NCC(=O)N1CCCc2ccccc21)NCCNC(=O)OC(C)(C)C. The highest BCUT2D eigenvalue weighted by Crippen LogP contribution is 2.26. The van der Waals surface area contributed by atoms with Gasteiger partial charge in [-0.05, 0) is 52.2 Å². The molecule has 0 unspecified atom stereocenters. The van der Waals surface area contributed by atoms with Crippen LogP contribution in [0.3, 0.4) is 0 Å². The quantitative estimate of drug-likeness (QED) is 0.384. The number of nitrogens with one attached hydrogen (secondary N) is 3. The number of anilines is 1. The first-order chi connectivity index (χ1) is 13.8. The number of fused-ring (bicyclic) bond motifs is 1. The third-order valence-corrected chi connectivity index (χ3v) is 4.21. The molecule has 0 radical (unpaired) electrons. The van der Waals surface area contributed by atoms with Crippen molar-refractivity contribution in [3.8, 4) is 0 Å². The number of hydrogen-bond donors (Lipinski definition) is 3. The second-order valence-corrected chi connectivity index (χ2v) is 7.83. The lowest BCUT2D eigenvalue weighted by Gasteiger charge is -2.29. The average Bonchev–Trinajstić information content (AvgIpc) is 2.67. The maximum atomic E-state index is 12.7. The van der Waals surface area contributed by atoms with Gasteiger partial charge in [0.25, 0.3) is 0 Å². The standard InChI is InChI=1S/C21H33N5O3/c1-5-22-19(23-12-13-24-20(28)29-21(2,3)4)25-15-18(27)26-14-8-10-16-9-6-7-11-17(16)26/h6-7,9,11H,5,8,10,12-15H2,1-4H3,(H,24,28)(H2,22,23,25). The summed E-state index contributed by atoms with van der Waals surface area (Å²) < 4.78 is 5.19. The normalized spacial score (nSPS) is 14.1. The lowest BCUT2D eigenvalue weighted by Crippen LogP contribution is -2.43. The summed E-state index contributed by atoms with van der Waals surface area (Å²) >= 11 is 0. The Balaban J connectivity index is 1.84. The van der Waals surface area contributed by atoms with Gasteiger partial charge in [-0.1, -0.05) is 18.2 Å². The number of guanidine groups is 1. The van der Waals surface area contributed by atoms with Crippen LogP contribution in [0.15, 0.2) is 29.3 Å². The van der Waals surface area contributed by atoms with Crippen molar-refractivity contribution in [3.63, 3.8) is 0 Å². The second kappa shape index (κ2) is 10.7. The van der Waals surface area contributed by atoms with E-state index >= 15 is 0 Å². The highest BCUT2D eigenvalue weighted by molar-refractivity contribution is 5.97. The number of hydrogen-bond acceptors (Lipinski definition) is 4. The van der Waals surface area contributed by atoms with Crippen LogP contribution >= 0.6 is 0 Å². The summed E-state index contributed by atoms with van der Waals surface area (Å²) in [5.41, 5.74) is 1.66. The van der Waals surface area contributed by atoms with E-state index in [4.69, 9.17) is 4.74 Å². The second-order valence-electron chi connectivity index (χ2n) is 7.83. The van der Waals surface area contributed by atoms with Crippen molar-refractivity contribution in [1.29, 1.82) is 0 Å². The molecule has 8 heteroatoms. The lowest BCUT2D eigenvalue weighted by molar-refractivity contribution is -0.117. The largest absolute Gasteiger partial charge is 0.444 e. The molecule has 0 fully saturated rings. The Morgan fingerprint density at radius 2 is 1.86 bits per heavy atom. The number of alkyl carbamates (subject to hydrolysis) is 1. The fourth-order valence-corrected chi connectivity index (χ4v) is 3.03. The van der Waals surface area contributed by atoms with E-state index in [1.807, 2.05) is 50.8 Å². The van der Waals surface area contributed by atoms with Gasteiger partial charge in [0.05, 0.1) is 0 Å². The number of para-hydroxylation sites is 1. The van der Waals surface area contributed by atoms with Crippen molar-refractivity contribution in [3.05, 3.63) is 29.8 Å². The van der Waals surface area contributed by atoms with Crippen LogP contribution in [0.2, 0.25) is 0 Å². The van der Waals surface area contributed by atoms with E-state index in [1.165, 1.54) is 5.56 Å². The molecule has 2 rings (SSSR count). The minimum Gasteiger partial charge on any atom is -0.444 e. The molecule has 2 amide bonds. The smallest absolute Gasteiger partial charge is 0.407 e. The van der Waals surface area contributed by atoms with E-state index in [0.717, 1.165) is 25.1 Å². The predicted molar refractivity (Wildman–Crippen MR) is 115 cm³/mol.